The molecule has 0 unspecified atom stereocenters. The van der Waals surface area contributed by atoms with Crippen LogP contribution in [0.3, 0.4) is 0 Å². The molecule has 0 radical (unpaired) electrons. The third-order valence-corrected chi connectivity index (χ3v) is 1.86. The minimum atomic E-state index is -0.782. The predicted molar refractivity (Wildman–Crippen MR) is 47.9 cm³/mol. The first-order valence-corrected chi connectivity index (χ1v) is 4.34. The molecule has 0 aliphatic carbocycles. The van der Waals surface area contributed by atoms with Crippen molar-refractivity contribution in [3.63, 3.8) is 0 Å². The van der Waals surface area contributed by atoms with Crippen molar-refractivity contribution in [3.8, 4) is 0 Å². The van der Waals surface area contributed by atoms with Crippen LogP contribution in [0.1, 0.15) is 38.5 Å². The Labute approximate surface area is 73.2 Å². The van der Waals surface area contributed by atoms with Crippen LogP contribution in [0.15, 0.2) is 16.7 Å². The van der Waals surface area contributed by atoms with Gasteiger partial charge in [-0.05, 0) is 26.3 Å². The molecule has 0 aliphatic heterocycles. The summed E-state index contributed by atoms with van der Waals surface area (Å²) < 4.78 is 5.27. The van der Waals surface area contributed by atoms with E-state index in [-0.39, 0.29) is 0 Å². The Hall–Kier alpha value is -0.760. The molecular weight excluding hydrogens is 152 g/mol. The molecule has 1 aromatic rings. The van der Waals surface area contributed by atoms with Crippen LogP contribution in [0.5, 0.6) is 0 Å². The van der Waals surface area contributed by atoms with Crippen LogP contribution < -0.4 is 0 Å². The lowest BCUT2D eigenvalue weighted by Gasteiger charge is -2.13. The Morgan fingerprint density at radius 1 is 1.50 bits per heavy atom. The summed E-state index contributed by atoms with van der Waals surface area (Å²) in [6, 6.07) is 1.92. The minimum Gasteiger partial charge on any atom is -0.469 e. The number of hydrogen-bond acceptors (Lipinski definition) is 2. The zero-order chi connectivity index (χ0) is 9.19. The summed E-state index contributed by atoms with van der Waals surface area (Å²) in [6.45, 7) is 5.62. The Kier molecular flexibility index (Phi) is 2.58. The van der Waals surface area contributed by atoms with Crippen LogP contribution in [0.25, 0.3) is 0 Å². The molecule has 0 aromatic carbocycles. The highest BCUT2D eigenvalue weighted by molar-refractivity contribution is 5.18. The topological polar surface area (TPSA) is 33.4 Å². The second-order valence-corrected chi connectivity index (χ2v) is 3.61. The first kappa shape index (κ1) is 9.33. The van der Waals surface area contributed by atoms with Crippen molar-refractivity contribution >= 4 is 0 Å². The lowest BCUT2D eigenvalue weighted by atomic mass is 10.0. The van der Waals surface area contributed by atoms with Crippen molar-refractivity contribution in [1.29, 1.82) is 0 Å². The van der Waals surface area contributed by atoms with Gasteiger partial charge in [-0.25, -0.2) is 0 Å². The molecule has 2 nitrogen and oxygen atoms in total. The quantitative estimate of drug-likeness (QED) is 0.752. The van der Waals surface area contributed by atoms with Crippen molar-refractivity contribution in [2.75, 3.05) is 0 Å². The smallest absolute Gasteiger partial charge is 0.104 e. The third kappa shape index (κ3) is 2.11. The number of rotatable bonds is 3. The lowest BCUT2D eigenvalue weighted by molar-refractivity contribution is 0.0779. The largest absolute Gasteiger partial charge is 0.469 e. The first-order valence-electron chi connectivity index (χ1n) is 4.34. The van der Waals surface area contributed by atoms with Crippen LogP contribution in [-0.4, -0.2) is 5.11 Å². The minimum absolute atomic E-state index is 0.782. The summed E-state index contributed by atoms with van der Waals surface area (Å²) in [6.07, 6.45) is 3.64. The average Bonchev–Trinajstić information content (AvgIpc) is 2.35. The van der Waals surface area contributed by atoms with Crippen molar-refractivity contribution in [2.45, 2.75) is 39.2 Å². The van der Waals surface area contributed by atoms with E-state index in [2.05, 4.69) is 6.92 Å². The van der Waals surface area contributed by atoms with Gasteiger partial charge >= 0.3 is 0 Å². The highest BCUT2D eigenvalue weighted by Crippen LogP contribution is 2.22. The number of furan rings is 1. The van der Waals surface area contributed by atoms with E-state index in [1.807, 2.05) is 6.07 Å². The molecule has 1 rings (SSSR count). The Bertz CT molecular complexity index is 243. The van der Waals surface area contributed by atoms with Crippen molar-refractivity contribution in [3.05, 3.63) is 23.7 Å². The molecule has 1 heterocycles. The Morgan fingerprint density at radius 3 is 2.58 bits per heavy atom. The molecule has 0 saturated heterocycles. The zero-order valence-electron chi connectivity index (χ0n) is 7.92. The molecule has 0 fully saturated rings. The highest BCUT2D eigenvalue weighted by atomic mass is 16.3. The summed E-state index contributed by atoms with van der Waals surface area (Å²) >= 11 is 0. The third-order valence-electron chi connectivity index (χ3n) is 1.86. The summed E-state index contributed by atoms with van der Waals surface area (Å²) in [4.78, 5) is 0. The highest BCUT2D eigenvalue weighted by Gasteiger charge is 2.18. The van der Waals surface area contributed by atoms with E-state index in [0.29, 0.717) is 0 Å². The van der Waals surface area contributed by atoms with Crippen LogP contribution >= 0.6 is 0 Å². The molecule has 0 amide bonds. The molecule has 68 valence electrons. The molecule has 12 heavy (non-hydrogen) atoms. The molecule has 1 N–H and O–H groups in total. The second kappa shape index (κ2) is 3.31. The van der Waals surface area contributed by atoms with Gasteiger partial charge in [0.15, 0.2) is 0 Å². The number of hydrogen-bond donors (Lipinski definition) is 1. The van der Waals surface area contributed by atoms with Crippen molar-refractivity contribution < 1.29 is 9.52 Å². The maximum atomic E-state index is 9.61. The SMILES string of the molecule is CCCc1cc(C(C)(C)O)co1. The monoisotopic (exact) mass is 168 g/mol. The van der Waals surface area contributed by atoms with E-state index in [0.717, 1.165) is 24.2 Å². The molecule has 0 spiro atoms. The molecule has 0 bridgehead atoms. The molecule has 2 heteroatoms. The summed E-state index contributed by atoms with van der Waals surface area (Å²) in [7, 11) is 0. The van der Waals surface area contributed by atoms with Crippen molar-refractivity contribution in [1.82, 2.24) is 0 Å². The van der Waals surface area contributed by atoms with Gasteiger partial charge in [0.25, 0.3) is 0 Å². The summed E-state index contributed by atoms with van der Waals surface area (Å²) in [5, 5.41) is 9.61. The molecule has 0 saturated carbocycles. The average molecular weight is 168 g/mol. The van der Waals surface area contributed by atoms with Crippen LogP contribution in [0.4, 0.5) is 0 Å². The van der Waals surface area contributed by atoms with Gasteiger partial charge in [-0.3, -0.25) is 0 Å². The Balaban J connectivity index is 2.77. The van der Waals surface area contributed by atoms with E-state index < -0.39 is 5.60 Å². The number of aryl methyl sites for hydroxylation is 1. The van der Waals surface area contributed by atoms with Gasteiger partial charge in [0.05, 0.1) is 11.9 Å². The molecule has 0 aliphatic rings. The zero-order valence-corrected chi connectivity index (χ0v) is 7.92. The molecular formula is C10H16O2. The standard InChI is InChI=1S/C10H16O2/c1-4-5-9-6-8(7-12-9)10(2,3)11/h6-7,11H,4-5H2,1-3H3. The number of aliphatic hydroxyl groups is 1. The fraction of sp³-hybridized carbons (Fsp3) is 0.600. The van der Waals surface area contributed by atoms with Crippen LogP contribution in [0, 0.1) is 0 Å². The maximum Gasteiger partial charge on any atom is 0.104 e. The normalized spacial score (nSPS) is 12.0. The van der Waals surface area contributed by atoms with Gasteiger partial charge in [-0.15, -0.1) is 0 Å². The summed E-state index contributed by atoms with van der Waals surface area (Å²) in [5.41, 5.74) is 0.0705. The van der Waals surface area contributed by atoms with Gasteiger partial charge in [-0.2, -0.15) is 0 Å². The second-order valence-electron chi connectivity index (χ2n) is 3.61. The van der Waals surface area contributed by atoms with E-state index in [1.54, 1.807) is 20.1 Å². The van der Waals surface area contributed by atoms with Crippen LogP contribution in [0.2, 0.25) is 0 Å². The predicted octanol–water partition coefficient (Wildman–Crippen LogP) is 2.46. The molecule has 0 atom stereocenters. The summed E-state index contributed by atoms with van der Waals surface area (Å²) in [5.74, 6) is 0.953. The van der Waals surface area contributed by atoms with Crippen LogP contribution in [-0.2, 0) is 12.0 Å². The van der Waals surface area contributed by atoms with Gasteiger partial charge in [0.1, 0.15) is 5.76 Å². The molecule has 1 aromatic heterocycles. The van der Waals surface area contributed by atoms with Crippen molar-refractivity contribution in [2.24, 2.45) is 0 Å². The van der Waals surface area contributed by atoms with Gasteiger partial charge < -0.3 is 9.52 Å². The van der Waals surface area contributed by atoms with E-state index in [1.165, 1.54) is 0 Å². The Morgan fingerprint density at radius 2 is 2.17 bits per heavy atom. The lowest BCUT2D eigenvalue weighted by Crippen LogP contribution is -2.13. The van der Waals surface area contributed by atoms with E-state index in [9.17, 15) is 5.11 Å². The van der Waals surface area contributed by atoms with E-state index in [4.69, 9.17) is 4.42 Å². The van der Waals surface area contributed by atoms with Gasteiger partial charge in [-0.1, -0.05) is 6.92 Å². The van der Waals surface area contributed by atoms with Gasteiger partial charge in [0.2, 0.25) is 0 Å². The van der Waals surface area contributed by atoms with E-state index >= 15 is 0 Å². The fourth-order valence-corrected chi connectivity index (χ4v) is 1.08. The first-order chi connectivity index (χ1) is 5.54. The fourth-order valence-electron chi connectivity index (χ4n) is 1.08. The maximum absolute atomic E-state index is 9.61. The van der Waals surface area contributed by atoms with Gasteiger partial charge in [0, 0.05) is 12.0 Å².